The summed E-state index contributed by atoms with van der Waals surface area (Å²) < 4.78 is 42.8. The van der Waals surface area contributed by atoms with Gasteiger partial charge in [-0.05, 0) is 18.6 Å². The zero-order chi connectivity index (χ0) is 17.6. The molecular weight excluding hydrogens is 332 g/mol. The van der Waals surface area contributed by atoms with Crippen LogP contribution in [0.15, 0.2) is 23.1 Å². The van der Waals surface area contributed by atoms with Gasteiger partial charge in [0, 0.05) is 52.5 Å². The van der Waals surface area contributed by atoms with Gasteiger partial charge in [-0.2, -0.15) is 4.31 Å². The number of sulfonamides is 1. The number of hydrogen-bond donors (Lipinski definition) is 0. The largest absolute Gasteiger partial charge is 0.497 e. The summed E-state index contributed by atoms with van der Waals surface area (Å²) in [6.07, 6.45) is 0.951. The molecule has 0 aliphatic carbocycles. The fourth-order valence-corrected chi connectivity index (χ4v) is 4.34. The van der Waals surface area contributed by atoms with E-state index in [9.17, 15) is 8.42 Å². The van der Waals surface area contributed by atoms with Crippen molar-refractivity contribution in [2.45, 2.75) is 11.3 Å². The first-order valence-electron chi connectivity index (χ1n) is 7.96. The molecule has 1 saturated heterocycles. The SMILES string of the molecule is COCCCN1CCN(S(=O)(=O)c2cc(OC)ccc2OC)CC1. The molecule has 1 aromatic rings. The number of nitrogens with zero attached hydrogens (tertiary/aromatic N) is 2. The lowest BCUT2D eigenvalue weighted by Crippen LogP contribution is -2.48. The van der Waals surface area contributed by atoms with E-state index in [1.807, 2.05) is 0 Å². The maximum Gasteiger partial charge on any atom is 0.246 e. The molecule has 0 N–H and O–H groups in total. The van der Waals surface area contributed by atoms with Crippen LogP contribution < -0.4 is 9.47 Å². The van der Waals surface area contributed by atoms with E-state index in [-0.39, 0.29) is 4.90 Å². The fraction of sp³-hybridized carbons (Fsp3) is 0.625. The van der Waals surface area contributed by atoms with Crippen LogP contribution in [0.25, 0.3) is 0 Å². The number of benzene rings is 1. The Morgan fingerprint density at radius 2 is 1.75 bits per heavy atom. The molecule has 1 fully saturated rings. The molecule has 0 bridgehead atoms. The maximum atomic E-state index is 13.0. The van der Waals surface area contributed by atoms with Gasteiger partial charge < -0.3 is 19.1 Å². The van der Waals surface area contributed by atoms with Crippen molar-refractivity contribution in [1.82, 2.24) is 9.21 Å². The van der Waals surface area contributed by atoms with Crippen LogP contribution in [0.2, 0.25) is 0 Å². The molecule has 24 heavy (non-hydrogen) atoms. The summed E-state index contributed by atoms with van der Waals surface area (Å²) in [6, 6.07) is 4.82. The van der Waals surface area contributed by atoms with Crippen LogP contribution in [0.1, 0.15) is 6.42 Å². The van der Waals surface area contributed by atoms with Crippen molar-refractivity contribution in [2.24, 2.45) is 0 Å². The average Bonchev–Trinajstić information content (AvgIpc) is 2.61. The quantitative estimate of drug-likeness (QED) is 0.647. The lowest BCUT2D eigenvalue weighted by Gasteiger charge is -2.34. The minimum atomic E-state index is -3.61. The predicted octanol–water partition coefficient (Wildman–Crippen LogP) is 1.05. The number of hydrogen-bond acceptors (Lipinski definition) is 6. The van der Waals surface area contributed by atoms with Gasteiger partial charge >= 0.3 is 0 Å². The molecule has 0 amide bonds. The van der Waals surface area contributed by atoms with Crippen LogP contribution in [0.3, 0.4) is 0 Å². The Balaban J connectivity index is 2.09. The zero-order valence-electron chi connectivity index (χ0n) is 14.5. The van der Waals surface area contributed by atoms with Crippen LogP contribution in [0.4, 0.5) is 0 Å². The molecule has 0 unspecified atom stereocenters. The van der Waals surface area contributed by atoms with Gasteiger partial charge in [0.15, 0.2) is 0 Å². The average molecular weight is 358 g/mol. The summed E-state index contributed by atoms with van der Waals surface area (Å²) in [4.78, 5) is 2.41. The smallest absolute Gasteiger partial charge is 0.246 e. The monoisotopic (exact) mass is 358 g/mol. The molecule has 1 aromatic carbocycles. The highest BCUT2D eigenvalue weighted by molar-refractivity contribution is 7.89. The van der Waals surface area contributed by atoms with E-state index in [2.05, 4.69) is 4.90 Å². The number of rotatable bonds is 8. The summed E-state index contributed by atoms with van der Waals surface area (Å²) >= 11 is 0. The normalized spacial score (nSPS) is 17.0. The molecule has 0 aromatic heterocycles. The van der Waals surface area contributed by atoms with Crippen molar-refractivity contribution in [3.8, 4) is 11.5 Å². The number of ether oxygens (including phenoxy) is 3. The lowest BCUT2D eigenvalue weighted by atomic mass is 10.3. The molecule has 1 aliphatic heterocycles. The van der Waals surface area contributed by atoms with Crippen molar-refractivity contribution in [3.63, 3.8) is 0 Å². The molecule has 0 radical (unpaired) electrons. The van der Waals surface area contributed by atoms with E-state index in [1.165, 1.54) is 24.6 Å². The van der Waals surface area contributed by atoms with E-state index in [0.717, 1.165) is 32.7 Å². The number of methoxy groups -OCH3 is 3. The van der Waals surface area contributed by atoms with Crippen molar-refractivity contribution in [1.29, 1.82) is 0 Å². The molecule has 0 atom stereocenters. The van der Waals surface area contributed by atoms with Gasteiger partial charge in [0.2, 0.25) is 10.0 Å². The minimum absolute atomic E-state index is 0.150. The topological polar surface area (TPSA) is 68.3 Å². The summed E-state index contributed by atoms with van der Waals surface area (Å²) in [5, 5.41) is 0. The molecule has 2 rings (SSSR count). The highest BCUT2D eigenvalue weighted by Gasteiger charge is 2.31. The van der Waals surface area contributed by atoms with E-state index >= 15 is 0 Å². The second-order valence-electron chi connectivity index (χ2n) is 5.61. The van der Waals surface area contributed by atoms with Crippen LogP contribution in [-0.2, 0) is 14.8 Å². The van der Waals surface area contributed by atoms with E-state index in [4.69, 9.17) is 14.2 Å². The van der Waals surface area contributed by atoms with Crippen molar-refractivity contribution in [2.75, 3.05) is 60.7 Å². The van der Waals surface area contributed by atoms with Crippen molar-refractivity contribution >= 4 is 10.0 Å². The maximum absolute atomic E-state index is 13.0. The third-order valence-electron chi connectivity index (χ3n) is 4.14. The van der Waals surface area contributed by atoms with E-state index in [1.54, 1.807) is 19.2 Å². The minimum Gasteiger partial charge on any atom is -0.497 e. The lowest BCUT2D eigenvalue weighted by molar-refractivity contribution is 0.149. The first-order valence-corrected chi connectivity index (χ1v) is 9.40. The van der Waals surface area contributed by atoms with Crippen LogP contribution in [-0.4, -0.2) is 78.3 Å². The van der Waals surface area contributed by atoms with Gasteiger partial charge in [-0.3, -0.25) is 0 Å². The summed E-state index contributed by atoms with van der Waals surface area (Å²) in [7, 11) is 1.06. The molecular formula is C16H26N2O5S. The summed E-state index contributed by atoms with van der Waals surface area (Å²) in [6.45, 7) is 4.01. The zero-order valence-corrected chi connectivity index (χ0v) is 15.3. The second kappa shape index (κ2) is 8.66. The predicted molar refractivity (Wildman–Crippen MR) is 91.2 cm³/mol. The van der Waals surface area contributed by atoms with Crippen LogP contribution in [0, 0.1) is 0 Å². The Labute approximate surface area is 144 Å². The third-order valence-corrected chi connectivity index (χ3v) is 6.06. The molecule has 8 heteroatoms. The Morgan fingerprint density at radius 3 is 2.33 bits per heavy atom. The fourth-order valence-electron chi connectivity index (χ4n) is 2.75. The van der Waals surface area contributed by atoms with Gasteiger partial charge in [0.25, 0.3) is 0 Å². The molecule has 0 spiro atoms. The van der Waals surface area contributed by atoms with Gasteiger partial charge in [0.1, 0.15) is 16.4 Å². The molecule has 0 saturated carbocycles. The Morgan fingerprint density at radius 1 is 1.04 bits per heavy atom. The van der Waals surface area contributed by atoms with Gasteiger partial charge in [-0.15, -0.1) is 0 Å². The van der Waals surface area contributed by atoms with Gasteiger partial charge in [0.05, 0.1) is 14.2 Å². The standard InChI is InChI=1S/C16H26N2O5S/c1-21-12-4-7-17-8-10-18(11-9-17)24(19,20)16-13-14(22-2)5-6-15(16)23-3/h5-6,13H,4,7-12H2,1-3H3. The first kappa shape index (κ1) is 19.0. The Hall–Kier alpha value is -1.35. The van der Waals surface area contributed by atoms with Crippen molar-refractivity contribution < 1.29 is 22.6 Å². The van der Waals surface area contributed by atoms with Crippen LogP contribution in [0.5, 0.6) is 11.5 Å². The highest BCUT2D eigenvalue weighted by Crippen LogP contribution is 2.31. The first-order chi connectivity index (χ1) is 11.5. The molecule has 1 heterocycles. The van der Waals surface area contributed by atoms with Gasteiger partial charge in [-0.25, -0.2) is 8.42 Å². The summed E-state index contributed by atoms with van der Waals surface area (Å²) in [5.74, 6) is 0.825. The highest BCUT2D eigenvalue weighted by atomic mass is 32.2. The molecule has 7 nitrogen and oxygen atoms in total. The molecule has 136 valence electrons. The Bertz CT molecular complexity index is 627. The Kier molecular flexibility index (Phi) is 6.85. The summed E-state index contributed by atoms with van der Waals surface area (Å²) in [5.41, 5.74) is 0. The van der Waals surface area contributed by atoms with Crippen LogP contribution >= 0.6 is 0 Å². The van der Waals surface area contributed by atoms with Gasteiger partial charge in [-0.1, -0.05) is 0 Å². The third kappa shape index (κ3) is 4.38. The second-order valence-corrected chi connectivity index (χ2v) is 7.52. The number of piperazine rings is 1. The molecule has 1 aliphatic rings. The van der Waals surface area contributed by atoms with Crippen molar-refractivity contribution in [3.05, 3.63) is 18.2 Å². The van der Waals surface area contributed by atoms with E-state index in [0.29, 0.717) is 24.6 Å². The van der Waals surface area contributed by atoms with E-state index < -0.39 is 10.0 Å².